The lowest BCUT2D eigenvalue weighted by molar-refractivity contribution is -0.147. The number of amides is 1. The van der Waals surface area contributed by atoms with Crippen molar-refractivity contribution in [1.82, 2.24) is 4.90 Å². The zero-order chi connectivity index (χ0) is 21.4. The van der Waals surface area contributed by atoms with Crippen molar-refractivity contribution < 1.29 is 19.8 Å². The van der Waals surface area contributed by atoms with E-state index < -0.39 is 12.1 Å². The Morgan fingerprint density at radius 2 is 1.59 bits per heavy atom. The van der Waals surface area contributed by atoms with Gasteiger partial charge >= 0.3 is 5.97 Å². The largest absolute Gasteiger partial charge is 0.479 e. The summed E-state index contributed by atoms with van der Waals surface area (Å²) in [6.45, 7) is 6.17. The average molecular weight is 399 g/mol. The van der Waals surface area contributed by atoms with Crippen molar-refractivity contribution >= 4 is 11.9 Å². The predicted molar refractivity (Wildman–Crippen MR) is 112 cm³/mol. The smallest absolute Gasteiger partial charge is 0.337 e. The minimum atomic E-state index is -1.41. The fourth-order valence-electron chi connectivity index (χ4n) is 3.66. The van der Waals surface area contributed by atoms with E-state index >= 15 is 0 Å². The van der Waals surface area contributed by atoms with E-state index in [1.54, 1.807) is 30.3 Å². The maximum absolute atomic E-state index is 12.7. The van der Waals surface area contributed by atoms with Gasteiger partial charge in [0.15, 0.2) is 6.10 Å². The molecule has 6 nitrogen and oxygen atoms in total. The monoisotopic (exact) mass is 398 g/mol. The van der Waals surface area contributed by atoms with E-state index in [1.807, 2.05) is 36.9 Å². The Kier molecular flexibility index (Phi) is 7.93. The lowest BCUT2D eigenvalue weighted by Gasteiger charge is -2.26. The van der Waals surface area contributed by atoms with E-state index in [0.717, 1.165) is 25.1 Å². The Morgan fingerprint density at radius 3 is 2.00 bits per heavy atom. The van der Waals surface area contributed by atoms with Crippen LogP contribution in [0.4, 0.5) is 0 Å². The van der Waals surface area contributed by atoms with Gasteiger partial charge in [-0.3, -0.25) is 4.79 Å². The molecular formula is C23H30N2O4. The lowest BCUT2D eigenvalue weighted by atomic mass is 9.91. The first-order chi connectivity index (χ1) is 13.9. The molecule has 0 saturated heterocycles. The second kappa shape index (κ2) is 10.2. The summed E-state index contributed by atoms with van der Waals surface area (Å²) in [4.78, 5) is 24.9. The topological polar surface area (TPSA) is 104 Å². The molecule has 0 radical (unpaired) electrons. The number of nitrogens with two attached hydrogens (primary N) is 1. The van der Waals surface area contributed by atoms with Crippen LogP contribution < -0.4 is 5.73 Å². The highest BCUT2D eigenvalue weighted by Gasteiger charge is 2.61. The van der Waals surface area contributed by atoms with E-state index in [0.29, 0.717) is 18.0 Å². The standard InChI is InChI=1S/C15H22N2O.C8H8O3/c1-3-17(4-2)14(18)15(10-13(15)11-16)12-8-6-5-7-9-12;9-7(8(10)11)6-4-2-1-3-5-6/h5-9,13H,3-4,10-11,16H2,1-2H3;1-5,7,9H,(H,10,11)/t13-,15+;/m1./s1. The van der Waals surface area contributed by atoms with E-state index in [1.165, 1.54) is 0 Å². The van der Waals surface area contributed by atoms with Crippen molar-refractivity contribution in [3.05, 3.63) is 71.8 Å². The number of aliphatic hydroxyl groups excluding tert-OH is 1. The first-order valence-electron chi connectivity index (χ1n) is 9.93. The molecule has 1 unspecified atom stereocenters. The summed E-state index contributed by atoms with van der Waals surface area (Å²) < 4.78 is 0. The van der Waals surface area contributed by atoms with Crippen molar-refractivity contribution in [1.29, 1.82) is 0 Å². The summed E-state index contributed by atoms with van der Waals surface area (Å²) in [6.07, 6.45) is -0.515. The maximum Gasteiger partial charge on any atom is 0.337 e. The zero-order valence-corrected chi connectivity index (χ0v) is 17.0. The van der Waals surface area contributed by atoms with Crippen LogP contribution in [-0.2, 0) is 15.0 Å². The quantitative estimate of drug-likeness (QED) is 0.665. The molecule has 3 rings (SSSR count). The van der Waals surface area contributed by atoms with Crippen LogP contribution in [0, 0.1) is 5.92 Å². The molecule has 156 valence electrons. The number of aliphatic carboxylic acids is 1. The molecule has 2 aromatic carbocycles. The molecule has 29 heavy (non-hydrogen) atoms. The number of nitrogens with zero attached hydrogens (tertiary/aromatic N) is 1. The van der Waals surface area contributed by atoms with Gasteiger partial charge in [-0.2, -0.15) is 0 Å². The SMILES string of the molecule is CCN(CC)C(=O)[C@]1(c2ccccc2)C[C@@H]1CN.O=C(O)C(O)c1ccccc1. The predicted octanol–water partition coefficient (Wildman–Crippen LogP) is 2.58. The third-order valence-electron chi connectivity index (χ3n) is 5.46. The van der Waals surface area contributed by atoms with E-state index in [2.05, 4.69) is 12.1 Å². The molecule has 0 aromatic heterocycles. The first-order valence-corrected chi connectivity index (χ1v) is 9.93. The van der Waals surface area contributed by atoms with Crippen LogP contribution in [0.1, 0.15) is 37.5 Å². The fourth-order valence-corrected chi connectivity index (χ4v) is 3.66. The van der Waals surface area contributed by atoms with Gasteiger partial charge in [-0.1, -0.05) is 60.7 Å². The van der Waals surface area contributed by atoms with Crippen LogP contribution in [-0.4, -0.2) is 46.6 Å². The summed E-state index contributed by atoms with van der Waals surface area (Å²) in [7, 11) is 0. The second-order valence-electron chi connectivity index (χ2n) is 7.10. The molecule has 0 aliphatic heterocycles. The second-order valence-corrected chi connectivity index (χ2v) is 7.10. The molecule has 0 bridgehead atoms. The van der Waals surface area contributed by atoms with Crippen molar-refractivity contribution in [2.75, 3.05) is 19.6 Å². The summed E-state index contributed by atoms with van der Waals surface area (Å²) in [5, 5.41) is 17.4. The van der Waals surface area contributed by atoms with E-state index in [-0.39, 0.29) is 11.3 Å². The molecule has 1 amide bonds. The molecular weight excluding hydrogens is 368 g/mol. The minimum absolute atomic E-state index is 0.245. The van der Waals surface area contributed by atoms with Gasteiger partial charge in [0.25, 0.3) is 0 Å². The molecule has 2 aromatic rings. The Bertz CT molecular complexity index is 793. The molecule has 1 aliphatic carbocycles. The number of likely N-dealkylation sites (N-methyl/N-ethyl adjacent to an activating group) is 1. The van der Waals surface area contributed by atoms with Gasteiger partial charge in [0.05, 0.1) is 5.41 Å². The van der Waals surface area contributed by atoms with Crippen molar-refractivity contribution in [2.24, 2.45) is 11.7 Å². The van der Waals surface area contributed by atoms with Crippen molar-refractivity contribution in [3.63, 3.8) is 0 Å². The first kappa shape index (κ1) is 22.6. The van der Waals surface area contributed by atoms with Gasteiger partial charge in [-0.05, 0) is 43.9 Å². The summed E-state index contributed by atoms with van der Waals surface area (Å²) in [6, 6.07) is 18.3. The van der Waals surface area contributed by atoms with Gasteiger partial charge in [-0.25, -0.2) is 4.79 Å². The minimum Gasteiger partial charge on any atom is -0.479 e. The molecule has 3 atom stereocenters. The summed E-state index contributed by atoms with van der Waals surface area (Å²) in [5.74, 6) is -0.682. The summed E-state index contributed by atoms with van der Waals surface area (Å²) >= 11 is 0. The van der Waals surface area contributed by atoms with Crippen LogP contribution in [0.25, 0.3) is 0 Å². The van der Waals surface area contributed by atoms with E-state index in [4.69, 9.17) is 15.9 Å². The number of aliphatic hydroxyl groups is 1. The van der Waals surface area contributed by atoms with Gasteiger partial charge in [-0.15, -0.1) is 0 Å². The highest BCUT2D eigenvalue weighted by Crippen LogP contribution is 2.54. The van der Waals surface area contributed by atoms with Crippen molar-refractivity contribution in [3.8, 4) is 0 Å². The van der Waals surface area contributed by atoms with Crippen LogP contribution in [0.15, 0.2) is 60.7 Å². The highest BCUT2D eigenvalue weighted by molar-refractivity contribution is 5.92. The van der Waals surface area contributed by atoms with Gasteiger partial charge in [0, 0.05) is 13.1 Å². The van der Waals surface area contributed by atoms with Crippen LogP contribution in [0.2, 0.25) is 0 Å². The van der Waals surface area contributed by atoms with Crippen LogP contribution >= 0.6 is 0 Å². The Morgan fingerprint density at radius 1 is 1.07 bits per heavy atom. The van der Waals surface area contributed by atoms with Crippen LogP contribution in [0.5, 0.6) is 0 Å². The molecule has 4 N–H and O–H groups in total. The zero-order valence-electron chi connectivity index (χ0n) is 17.0. The van der Waals surface area contributed by atoms with E-state index in [9.17, 15) is 9.59 Å². The fraction of sp³-hybridized carbons (Fsp3) is 0.391. The average Bonchev–Trinajstić information content (AvgIpc) is 3.51. The number of benzene rings is 2. The third-order valence-corrected chi connectivity index (χ3v) is 5.46. The van der Waals surface area contributed by atoms with Crippen molar-refractivity contribution in [2.45, 2.75) is 31.8 Å². The molecule has 1 saturated carbocycles. The number of hydrogen-bond acceptors (Lipinski definition) is 4. The number of carboxylic acid groups (broad SMARTS) is 1. The number of rotatable bonds is 7. The Hall–Kier alpha value is -2.70. The lowest BCUT2D eigenvalue weighted by Crippen LogP contribution is -2.40. The highest BCUT2D eigenvalue weighted by atomic mass is 16.4. The number of carbonyl (C=O) groups excluding carboxylic acids is 1. The third kappa shape index (κ3) is 5.02. The van der Waals surface area contributed by atoms with Gasteiger partial charge in [0.2, 0.25) is 5.91 Å². The maximum atomic E-state index is 12.7. The van der Waals surface area contributed by atoms with Gasteiger partial charge < -0.3 is 20.8 Å². The van der Waals surface area contributed by atoms with Gasteiger partial charge in [0.1, 0.15) is 0 Å². The molecule has 6 heteroatoms. The normalized spacial score (nSPS) is 20.8. The number of hydrogen-bond donors (Lipinski definition) is 3. The Balaban J connectivity index is 0.000000234. The number of carboxylic acids is 1. The Labute approximate surface area is 172 Å². The van der Waals surface area contributed by atoms with Crippen LogP contribution in [0.3, 0.4) is 0 Å². The molecule has 0 heterocycles. The molecule has 1 aliphatic rings. The molecule has 0 spiro atoms. The number of carbonyl (C=O) groups is 2. The summed E-state index contributed by atoms with van der Waals surface area (Å²) in [5.41, 5.74) is 6.98. The molecule has 1 fully saturated rings.